The zero-order valence-corrected chi connectivity index (χ0v) is 7.79. The van der Waals surface area contributed by atoms with E-state index in [4.69, 9.17) is 5.26 Å². The summed E-state index contributed by atoms with van der Waals surface area (Å²) in [5.74, 6) is 0. The topological polar surface area (TPSA) is 53.8 Å². The van der Waals surface area contributed by atoms with Crippen molar-refractivity contribution in [1.29, 1.82) is 5.26 Å². The molecule has 2 rings (SSSR count). The third-order valence-electron chi connectivity index (χ3n) is 2.56. The van der Waals surface area contributed by atoms with Crippen LogP contribution in [0.25, 0.3) is 0 Å². The predicted octanol–water partition coefficient (Wildman–Crippen LogP) is 1.64. The first-order chi connectivity index (χ1) is 6.85. The Bertz CT molecular complexity index is 418. The van der Waals surface area contributed by atoms with Crippen LogP contribution in [-0.2, 0) is 12.8 Å². The number of aryl methyl sites for hydroxylation is 2. The minimum absolute atomic E-state index is 0.285. The summed E-state index contributed by atoms with van der Waals surface area (Å²) in [6, 6.07) is 3.81. The van der Waals surface area contributed by atoms with E-state index < -0.39 is 0 Å². The molecule has 1 aliphatic rings. The number of aromatic nitrogens is 1. The maximum absolute atomic E-state index is 10.7. The van der Waals surface area contributed by atoms with Crippen molar-refractivity contribution < 1.29 is 4.79 Å². The number of rotatable bonds is 1. The second-order valence-corrected chi connectivity index (χ2v) is 3.46. The van der Waals surface area contributed by atoms with Gasteiger partial charge in [0.2, 0.25) is 0 Å². The Morgan fingerprint density at radius 2 is 2.21 bits per heavy atom. The van der Waals surface area contributed by atoms with Gasteiger partial charge in [0.05, 0.1) is 5.56 Å². The smallest absolute Gasteiger partial charge is 0.169 e. The number of aldehydes is 1. The third-order valence-corrected chi connectivity index (χ3v) is 2.56. The molecule has 1 aliphatic carbocycles. The lowest BCUT2D eigenvalue weighted by molar-refractivity contribution is 0.111. The zero-order valence-electron chi connectivity index (χ0n) is 7.79. The van der Waals surface area contributed by atoms with E-state index in [-0.39, 0.29) is 5.69 Å². The van der Waals surface area contributed by atoms with E-state index >= 15 is 0 Å². The van der Waals surface area contributed by atoms with Crippen LogP contribution >= 0.6 is 0 Å². The fourth-order valence-electron chi connectivity index (χ4n) is 1.83. The molecule has 1 heterocycles. The molecule has 0 fully saturated rings. The number of hydrogen-bond donors (Lipinski definition) is 0. The molecule has 1 aromatic heterocycles. The largest absolute Gasteiger partial charge is 0.296 e. The first kappa shape index (κ1) is 8.89. The highest BCUT2D eigenvalue weighted by molar-refractivity contribution is 5.76. The van der Waals surface area contributed by atoms with Gasteiger partial charge < -0.3 is 0 Å². The molecule has 14 heavy (non-hydrogen) atoms. The average Bonchev–Trinajstić information content (AvgIpc) is 2.27. The Morgan fingerprint density at radius 1 is 1.43 bits per heavy atom. The summed E-state index contributed by atoms with van der Waals surface area (Å²) >= 11 is 0. The molecule has 0 amide bonds. The first-order valence-corrected chi connectivity index (χ1v) is 4.73. The van der Waals surface area contributed by atoms with Crippen LogP contribution < -0.4 is 0 Å². The molecule has 0 saturated carbocycles. The van der Waals surface area contributed by atoms with Gasteiger partial charge in [-0.2, -0.15) is 5.26 Å². The molecule has 0 atom stereocenters. The summed E-state index contributed by atoms with van der Waals surface area (Å²) in [6.07, 6.45) is 4.86. The number of hydrogen-bond acceptors (Lipinski definition) is 3. The number of pyridine rings is 1. The highest BCUT2D eigenvalue weighted by Crippen LogP contribution is 2.21. The number of nitrogens with zero attached hydrogens (tertiary/aromatic N) is 2. The van der Waals surface area contributed by atoms with Gasteiger partial charge in [0.15, 0.2) is 6.29 Å². The second-order valence-electron chi connectivity index (χ2n) is 3.46. The lowest BCUT2D eigenvalue weighted by Crippen LogP contribution is -2.08. The van der Waals surface area contributed by atoms with Gasteiger partial charge in [-0.15, -0.1) is 0 Å². The molecule has 0 aromatic carbocycles. The van der Waals surface area contributed by atoms with E-state index in [1.807, 2.05) is 12.1 Å². The molecule has 0 aliphatic heterocycles. The lowest BCUT2D eigenvalue weighted by atomic mass is 9.94. The summed E-state index contributed by atoms with van der Waals surface area (Å²) in [5, 5.41) is 8.80. The molecule has 0 radical (unpaired) electrons. The van der Waals surface area contributed by atoms with Gasteiger partial charge >= 0.3 is 0 Å². The number of carbonyl (C=O) groups excluding carboxylic acids is 1. The fourth-order valence-corrected chi connectivity index (χ4v) is 1.83. The zero-order chi connectivity index (χ0) is 9.97. The fraction of sp³-hybridized carbons (Fsp3) is 0.364. The van der Waals surface area contributed by atoms with E-state index in [0.29, 0.717) is 11.8 Å². The molecule has 0 N–H and O–H groups in total. The maximum atomic E-state index is 10.7. The van der Waals surface area contributed by atoms with E-state index in [1.54, 1.807) is 0 Å². The molecular formula is C11H10N2O. The Balaban J connectivity index is 2.56. The summed E-state index contributed by atoms with van der Waals surface area (Å²) in [7, 11) is 0. The molecule has 3 nitrogen and oxygen atoms in total. The van der Waals surface area contributed by atoms with Crippen LogP contribution in [0.4, 0.5) is 0 Å². The van der Waals surface area contributed by atoms with Gasteiger partial charge in [-0.3, -0.25) is 4.79 Å². The van der Waals surface area contributed by atoms with Crippen molar-refractivity contribution in [3.8, 4) is 6.07 Å². The van der Waals surface area contributed by atoms with E-state index in [9.17, 15) is 4.79 Å². The van der Waals surface area contributed by atoms with E-state index in [1.165, 1.54) is 0 Å². The van der Waals surface area contributed by atoms with E-state index in [2.05, 4.69) is 4.98 Å². The van der Waals surface area contributed by atoms with Gasteiger partial charge in [0, 0.05) is 5.69 Å². The Hall–Kier alpha value is -1.69. The highest BCUT2D eigenvalue weighted by atomic mass is 16.1. The summed E-state index contributed by atoms with van der Waals surface area (Å²) < 4.78 is 0. The van der Waals surface area contributed by atoms with Crippen LogP contribution in [-0.4, -0.2) is 11.3 Å². The van der Waals surface area contributed by atoms with Gasteiger partial charge in [-0.05, 0) is 37.3 Å². The van der Waals surface area contributed by atoms with Gasteiger partial charge in [-0.1, -0.05) is 0 Å². The molecule has 1 aromatic rings. The maximum Gasteiger partial charge on any atom is 0.169 e. The van der Waals surface area contributed by atoms with Crippen LogP contribution in [0.5, 0.6) is 0 Å². The predicted molar refractivity (Wildman–Crippen MR) is 51.0 cm³/mol. The van der Waals surface area contributed by atoms with Crippen molar-refractivity contribution in [2.24, 2.45) is 0 Å². The number of carbonyl (C=O) groups is 1. The average molecular weight is 186 g/mol. The van der Waals surface area contributed by atoms with Crippen LogP contribution in [0, 0.1) is 11.3 Å². The quantitative estimate of drug-likeness (QED) is 0.626. The molecule has 0 unspecified atom stereocenters. The summed E-state index contributed by atoms with van der Waals surface area (Å²) in [6.45, 7) is 0. The third kappa shape index (κ3) is 1.39. The van der Waals surface area contributed by atoms with Crippen LogP contribution in [0.15, 0.2) is 6.07 Å². The Labute approximate surface area is 82.4 Å². The van der Waals surface area contributed by atoms with Crippen LogP contribution in [0.1, 0.15) is 40.2 Å². The van der Waals surface area contributed by atoms with Crippen LogP contribution in [0.3, 0.4) is 0 Å². The Kier molecular flexibility index (Phi) is 2.28. The number of fused-ring (bicyclic) bond motifs is 1. The van der Waals surface area contributed by atoms with Gasteiger partial charge in [0.25, 0.3) is 0 Å². The Morgan fingerprint density at radius 3 is 2.93 bits per heavy atom. The van der Waals surface area contributed by atoms with Crippen molar-refractivity contribution in [2.75, 3.05) is 0 Å². The summed E-state index contributed by atoms with van der Waals surface area (Å²) in [4.78, 5) is 14.9. The standard InChI is InChI=1S/C11H10N2O/c12-6-9-5-8-3-1-2-4-10(8)13-11(9)7-14/h5,7H,1-4H2. The van der Waals surface area contributed by atoms with Crippen molar-refractivity contribution in [2.45, 2.75) is 25.7 Å². The second kappa shape index (κ2) is 3.59. The minimum atomic E-state index is 0.285. The van der Waals surface area contributed by atoms with Crippen molar-refractivity contribution in [1.82, 2.24) is 4.98 Å². The number of nitriles is 1. The molecular weight excluding hydrogens is 176 g/mol. The minimum Gasteiger partial charge on any atom is -0.296 e. The summed E-state index contributed by atoms with van der Waals surface area (Å²) in [5.41, 5.74) is 2.82. The lowest BCUT2D eigenvalue weighted by Gasteiger charge is -2.14. The van der Waals surface area contributed by atoms with Crippen molar-refractivity contribution in [3.05, 3.63) is 28.6 Å². The molecule has 3 heteroatoms. The van der Waals surface area contributed by atoms with E-state index in [0.717, 1.165) is 36.9 Å². The molecule has 0 bridgehead atoms. The molecule has 0 spiro atoms. The monoisotopic (exact) mass is 186 g/mol. The molecule has 0 saturated heterocycles. The molecule has 70 valence electrons. The van der Waals surface area contributed by atoms with Crippen LogP contribution in [0.2, 0.25) is 0 Å². The normalized spacial score (nSPS) is 14.2. The van der Waals surface area contributed by atoms with Crippen molar-refractivity contribution in [3.63, 3.8) is 0 Å². The van der Waals surface area contributed by atoms with Crippen molar-refractivity contribution >= 4 is 6.29 Å². The van der Waals surface area contributed by atoms with Gasteiger partial charge in [-0.25, -0.2) is 4.98 Å². The van der Waals surface area contributed by atoms with Gasteiger partial charge in [0.1, 0.15) is 11.8 Å². The first-order valence-electron chi connectivity index (χ1n) is 4.73. The highest BCUT2D eigenvalue weighted by Gasteiger charge is 2.14. The SMILES string of the molecule is N#Cc1cc2c(nc1C=O)CCCC2.